The minimum absolute atomic E-state index is 0.0862. The highest BCUT2D eigenvalue weighted by molar-refractivity contribution is 9.10. The van der Waals surface area contributed by atoms with E-state index in [0.717, 1.165) is 34.3 Å². The maximum absolute atomic E-state index is 12.8. The van der Waals surface area contributed by atoms with E-state index >= 15 is 0 Å². The number of pyridine rings is 1. The summed E-state index contributed by atoms with van der Waals surface area (Å²) in [4.78, 5) is 17.1. The fraction of sp³-hybridized carbons (Fsp3) is 0.211. The molecule has 0 bridgehead atoms. The monoisotopic (exact) mass is 396 g/mol. The predicted octanol–water partition coefficient (Wildman–Crippen LogP) is 3.38. The zero-order valence-corrected chi connectivity index (χ0v) is 15.1. The third-order valence-electron chi connectivity index (χ3n) is 4.56. The fourth-order valence-corrected chi connectivity index (χ4v) is 3.41. The van der Waals surface area contributed by atoms with Gasteiger partial charge in [0.2, 0.25) is 5.91 Å². The van der Waals surface area contributed by atoms with Crippen molar-refractivity contribution in [1.82, 2.24) is 20.1 Å². The summed E-state index contributed by atoms with van der Waals surface area (Å²) in [6.45, 7) is 0.478. The van der Waals surface area contributed by atoms with Crippen molar-refractivity contribution in [2.75, 3.05) is 0 Å². The van der Waals surface area contributed by atoms with Gasteiger partial charge in [0.25, 0.3) is 0 Å². The van der Waals surface area contributed by atoms with E-state index in [1.807, 2.05) is 48.7 Å². The van der Waals surface area contributed by atoms with Crippen LogP contribution in [-0.2, 0) is 16.8 Å². The van der Waals surface area contributed by atoms with Crippen molar-refractivity contribution in [2.45, 2.75) is 24.8 Å². The molecule has 2 heterocycles. The van der Waals surface area contributed by atoms with Gasteiger partial charge in [-0.25, -0.2) is 9.67 Å². The summed E-state index contributed by atoms with van der Waals surface area (Å²) >= 11 is 3.49. The molecule has 2 aromatic heterocycles. The number of carbonyl (C=O) groups is 1. The Morgan fingerprint density at radius 1 is 1.20 bits per heavy atom. The fourth-order valence-electron chi connectivity index (χ4n) is 3.01. The van der Waals surface area contributed by atoms with Crippen molar-refractivity contribution >= 4 is 21.8 Å². The van der Waals surface area contributed by atoms with E-state index in [9.17, 15) is 4.79 Å². The van der Waals surface area contributed by atoms with Crippen LogP contribution in [0.3, 0.4) is 0 Å². The normalized spacial score (nSPS) is 14.9. The predicted molar refractivity (Wildman–Crippen MR) is 98.3 cm³/mol. The molecule has 5 nitrogen and oxygen atoms in total. The molecule has 1 saturated carbocycles. The topological polar surface area (TPSA) is 59.8 Å². The van der Waals surface area contributed by atoms with Gasteiger partial charge in [-0.3, -0.25) is 4.79 Å². The Labute approximate surface area is 154 Å². The number of nitrogens with one attached hydrogen (secondary N) is 1. The molecule has 1 fully saturated rings. The summed E-state index contributed by atoms with van der Waals surface area (Å²) in [7, 11) is 0. The van der Waals surface area contributed by atoms with Crippen LogP contribution in [0.1, 0.15) is 24.0 Å². The van der Waals surface area contributed by atoms with Crippen LogP contribution in [-0.4, -0.2) is 20.7 Å². The van der Waals surface area contributed by atoms with Gasteiger partial charge >= 0.3 is 0 Å². The molecule has 0 spiro atoms. The number of hydrogen-bond acceptors (Lipinski definition) is 3. The summed E-state index contributed by atoms with van der Waals surface area (Å²) in [6, 6.07) is 13.7. The van der Waals surface area contributed by atoms with Crippen LogP contribution in [0.2, 0.25) is 0 Å². The molecule has 1 aliphatic carbocycles. The molecular formula is C19H17BrN4O. The number of rotatable bonds is 5. The lowest BCUT2D eigenvalue weighted by Gasteiger charge is -2.16. The van der Waals surface area contributed by atoms with Crippen LogP contribution >= 0.6 is 15.9 Å². The zero-order chi connectivity index (χ0) is 17.3. The van der Waals surface area contributed by atoms with Crippen molar-refractivity contribution in [1.29, 1.82) is 0 Å². The first kappa shape index (κ1) is 16.0. The van der Waals surface area contributed by atoms with E-state index in [1.165, 1.54) is 0 Å². The molecule has 0 atom stereocenters. The molecule has 25 heavy (non-hydrogen) atoms. The minimum Gasteiger partial charge on any atom is -0.351 e. The number of halogens is 1. The Hall–Kier alpha value is -2.47. The van der Waals surface area contributed by atoms with Gasteiger partial charge < -0.3 is 5.32 Å². The quantitative estimate of drug-likeness (QED) is 0.718. The van der Waals surface area contributed by atoms with Crippen LogP contribution in [0.4, 0.5) is 0 Å². The molecule has 126 valence electrons. The van der Waals surface area contributed by atoms with E-state index in [2.05, 4.69) is 31.3 Å². The van der Waals surface area contributed by atoms with Gasteiger partial charge in [-0.15, -0.1) is 0 Å². The lowest BCUT2D eigenvalue weighted by Crippen LogP contribution is -2.34. The Bertz CT molecular complexity index is 903. The second-order valence-electron chi connectivity index (χ2n) is 6.25. The first-order chi connectivity index (χ1) is 12.2. The molecule has 1 aromatic carbocycles. The molecule has 3 aromatic rings. The molecule has 0 radical (unpaired) electrons. The molecule has 6 heteroatoms. The number of benzene rings is 1. The van der Waals surface area contributed by atoms with Gasteiger partial charge in [-0.05, 0) is 54.3 Å². The van der Waals surface area contributed by atoms with E-state index in [1.54, 1.807) is 17.1 Å². The van der Waals surface area contributed by atoms with Crippen molar-refractivity contribution < 1.29 is 4.79 Å². The lowest BCUT2D eigenvalue weighted by molar-refractivity contribution is -0.123. The number of nitrogens with zero attached hydrogens (tertiary/aromatic N) is 3. The van der Waals surface area contributed by atoms with Gasteiger partial charge in [0.1, 0.15) is 0 Å². The molecule has 1 aliphatic rings. The number of hydrogen-bond donors (Lipinski definition) is 1. The van der Waals surface area contributed by atoms with Gasteiger partial charge in [-0.1, -0.05) is 28.1 Å². The van der Waals surface area contributed by atoms with Crippen LogP contribution in [0.5, 0.6) is 0 Å². The maximum atomic E-state index is 12.8. The minimum atomic E-state index is -0.373. The summed E-state index contributed by atoms with van der Waals surface area (Å²) in [6.07, 6.45) is 7.08. The molecule has 0 saturated heterocycles. The highest BCUT2D eigenvalue weighted by Crippen LogP contribution is 2.48. The van der Waals surface area contributed by atoms with Crippen LogP contribution < -0.4 is 5.32 Å². The van der Waals surface area contributed by atoms with Crippen molar-refractivity contribution in [3.8, 4) is 5.82 Å². The van der Waals surface area contributed by atoms with E-state index in [0.29, 0.717) is 6.54 Å². The van der Waals surface area contributed by atoms with Crippen LogP contribution in [0.25, 0.3) is 5.82 Å². The second kappa shape index (κ2) is 6.44. The van der Waals surface area contributed by atoms with Gasteiger partial charge in [0, 0.05) is 29.6 Å². The van der Waals surface area contributed by atoms with E-state index in [-0.39, 0.29) is 11.3 Å². The molecule has 0 aliphatic heterocycles. The molecular weight excluding hydrogens is 380 g/mol. The maximum Gasteiger partial charge on any atom is 0.230 e. The summed E-state index contributed by atoms with van der Waals surface area (Å²) in [5.41, 5.74) is 1.70. The highest BCUT2D eigenvalue weighted by Gasteiger charge is 2.51. The van der Waals surface area contributed by atoms with E-state index < -0.39 is 0 Å². The number of aromatic nitrogens is 3. The third-order valence-corrected chi connectivity index (χ3v) is 5.06. The summed E-state index contributed by atoms with van der Waals surface area (Å²) in [5, 5.41) is 7.26. The Kier molecular flexibility index (Phi) is 4.13. The molecule has 1 amide bonds. The lowest BCUT2D eigenvalue weighted by atomic mass is 9.95. The molecule has 0 unspecified atom stereocenters. The third kappa shape index (κ3) is 3.22. The number of carbonyl (C=O) groups excluding carboxylic acids is 1. The van der Waals surface area contributed by atoms with E-state index in [4.69, 9.17) is 0 Å². The Morgan fingerprint density at radius 3 is 2.80 bits per heavy atom. The van der Waals surface area contributed by atoms with Crippen molar-refractivity contribution in [3.63, 3.8) is 0 Å². The van der Waals surface area contributed by atoms with Crippen LogP contribution in [0.15, 0.2) is 65.5 Å². The molecule has 1 N–H and O–H groups in total. The summed E-state index contributed by atoms with van der Waals surface area (Å²) in [5.74, 6) is 0.827. The molecule has 4 rings (SSSR count). The number of amides is 1. The van der Waals surface area contributed by atoms with Crippen molar-refractivity contribution in [3.05, 3.63) is 76.7 Å². The van der Waals surface area contributed by atoms with Crippen molar-refractivity contribution in [2.24, 2.45) is 0 Å². The Balaban J connectivity index is 1.47. The SMILES string of the molecule is O=C(NCc1ccnc(-n2cccn2)c1)C1(c2cccc(Br)c2)CC1. The smallest absolute Gasteiger partial charge is 0.230 e. The van der Waals surface area contributed by atoms with Gasteiger partial charge in [0.05, 0.1) is 5.41 Å². The average molecular weight is 397 g/mol. The van der Waals surface area contributed by atoms with Crippen LogP contribution in [0, 0.1) is 0 Å². The largest absolute Gasteiger partial charge is 0.351 e. The highest BCUT2D eigenvalue weighted by atomic mass is 79.9. The first-order valence-electron chi connectivity index (χ1n) is 8.17. The summed E-state index contributed by atoms with van der Waals surface area (Å²) < 4.78 is 2.71. The second-order valence-corrected chi connectivity index (χ2v) is 7.16. The zero-order valence-electron chi connectivity index (χ0n) is 13.5. The van der Waals surface area contributed by atoms with Gasteiger partial charge in [0.15, 0.2) is 5.82 Å². The average Bonchev–Trinajstić information content (AvgIpc) is 3.27. The first-order valence-corrected chi connectivity index (χ1v) is 8.96. The Morgan fingerprint density at radius 2 is 2.08 bits per heavy atom. The van der Waals surface area contributed by atoms with Gasteiger partial charge in [-0.2, -0.15) is 5.10 Å². The standard InChI is InChI=1S/C19H17BrN4O/c20-16-4-1-3-15(12-16)19(6-7-19)18(25)22-13-14-5-9-21-17(11-14)24-10-2-8-23-24/h1-5,8-12H,6-7,13H2,(H,22,25).